The molecule has 1 aromatic rings. The van der Waals surface area contributed by atoms with Gasteiger partial charge in [-0.3, -0.25) is 0 Å². The Kier molecular flexibility index (Phi) is 3.11. The van der Waals surface area contributed by atoms with E-state index in [2.05, 4.69) is 20.8 Å². The Bertz CT molecular complexity index is 327. The maximum atomic E-state index is 10.5. The molecule has 90 valence electrons. The minimum Gasteiger partial charge on any atom is -0.472 e. The molecule has 16 heavy (non-hydrogen) atoms. The van der Waals surface area contributed by atoms with Gasteiger partial charge in [0, 0.05) is 5.56 Å². The summed E-state index contributed by atoms with van der Waals surface area (Å²) in [6.45, 7) is 6.81. The van der Waals surface area contributed by atoms with Crippen molar-refractivity contribution in [3.8, 4) is 0 Å². The van der Waals surface area contributed by atoms with Crippen molar-refractivity contribution in [1.82, 2.24) is 0 Å². The van der Waals surface area contributed by atoms with Crippen LogP contribution >= 0.6 is 0 Å². The lowest BCUT2D eigenvalue weighted by Crippen LogP contribution is -2.37. The normalized spacial score (nSPS) is 31.2. The van der Waals surface area contributed by atoms with E-state index in [0.29, 0.717) is 11.8 Å². The smallest absolute Gasteiger partial charge is 0.0960 e. The van der Waals surface area contributed by atoms with Gasteiger partial charge >= 0.3 is 0 Å². The van der Waals surface area contributed by atoms with Gasteiger partial charge in [0.15, 0.2) is 0 Å². The predicted molar refractivity (Wildman–Crippen MR) is 64.0 cm³/mol. The number of aliphatic hydroxyl groups is 1. The third-order valence-corrected chi connectivity index (χ3v) is 4.22. The van der Waals surface area contributed by atoms with Gasteiger partial charge in [-0.05, 0) is 29.7 Å². The molecule has 2 rings (SSSR count). The molecule has 0 spiro atoms. The van der Waals surface area contributed by atoms with Crippen LogP contribution in [0.15, 0.2) is 23.0 Å². The Labute approximate surface area is 97.7 Å². The molecular formula is C14H22O2. The third-order valence-electron chi connectivity index (χ3n) is 4.22. The topological polar surface area (TPSA) is 33.4 Å². The molecule has 3 atom stereocenters. The molecule has 0 aliphatic heterocycles. The quantitative estimate of drug-likeness (QED) is 0.826. The molecule has 1 aromatic heterocycles. The highest BCUT2D eigenvalue weighted by atomic mass is 16.3. The maximum absolute atomic E-state index is 10.5. The van der Waals surface area contributed by atoms with Crippen molar-refractivity contribution >= 4 is 0 Å². The maximum Gasteiger partial charge on any atom is 0.0960 e. The van der Waals surface area contributed by atoms with Crippen LogP contribution in [-0.4, -0.2) is 5.11 Å². The monoisotopic (exact) mass is 222 g/mol. The second-order valence-corrected chi connectivity index (χ2v) is 5.89. The van der Waals surface area contributed by atoms with Crippen LogP contribution in [0.3, 0.4) is 0 Å². The molecule has 2 nitrogen and oxygen atoms in total. The van der Waals surface area contributed by atoms with Crippen molar-refractivity contribution in [3.63, 3.8) is 0 Å². The van der Waals surface area contributed by atoms with E-state index in [0.717, 1.165) is 5.56 Å². The Morgan fingerprint density at radius 3 is 2.81 bits per heavy atom. The second kappa shape index (κ2) is 4.25. The second-order valence-electron chi connectivity index (χ2n) is 5.89. The molecule has 0 unspecified atom stereocenters. The highest BCUT2D eigenvalue weighted by molar-refractivity contribution is 5.12. The van der Waals surface area contributed by atoms with Crippen LogP contribution in [0.1, 0.15) is 51.7 Å². The van der Waals surface area contributed by atoms with Crippen LogP contribution in [-0.2, 0) is 0 Å². The molecule has 1 aliphatic carbocycles. The van der Waals surface area contributed by atoms with Crippen LogP contribution in [0.4, 0.5) is 0 Å². The molecule has 0 radical (unpaired) electrons. The molecule has 1 N–H and O–H groups in total. The van der Waals surface area contributed by atoms with E-state index in [9.17, 15) is 5.11 Å². The van der Waals surface area contributed by atoms with Gasteiger partial charge in [0.2, 0.25) is 0 Å². The van der Waals surface area contributed by atoms with E-state index in [1.807, 2.05) is 6.07 Å². The lowest BCUT2D eigenvalue weighted by Gasteiger charge is -2.45. The Balaban J connectivity index is 2.23. The van der Waals surface area contributed by atoms with Crippen LogP contribution in [0.5, 0.6) is 0 Å². The Morgan fingerprint density at radius 1 is 1.50 bits per heavy atom. The van der Waals surface area contributed by atoms with Gasteiger partial charge in [0.1, 0.15) is 0 Å². The highest BCUT2D eigenvalue weighted by Crippen LogP contribution is 2.49. The fraction of sp³-hybridized carbons (Fsp3) is 0.714. The van der Waals surface area contributed by atoms with E-state index in [1.165, 1.54) is 19.3 Å². The van der Waals surface area contributed by atoms with Gasteiger partial charge in [-0.15, -0.1) is 0 Å². The first-order valence-electron chi connectivity index (χ1n) is 6.22. The zero-order valence-electron chi connectivity index (χ0n) is 10.4. The number of furan rings is 1. The zero-order chi connectivity index (χ0) is 11.8. The number of aliphatic hydroxyl groups excluding tert-OH is 1. The van der Waals surface area contributed by atoms with Crippen molar-refractivity contribution in [1.29, 1.82) is 0 Å². The standard InChI is InChI=1S/C14H22O2/c1-10-5-4-7-14(2,3)12(10)13(15)11-6-8-16-9-11/h6,8-10,12-13,15H,4-5,7H2,1-3H3/t10-,12-,13-/m0/s1. The molecular weight excluding hydrogens is 200 g/mol. The zero-order valence-corrected chi connectivity index (χ0v) is 10.4. The summed E-state index contributed by atoms with van der Waals surface area (Å²) in [6.07, 6.45) is 6.63. The van der Waals surface area contributed by atoms with E-state index in [1.54, 1.807) is 12.5 Å². The van der Waals surface area contributed by atoms with Gasteiger partial charge in [-0.2, -0.15) is 0 Å². The molecule has 0 aromatic carbocycles. The average Bonchev–Trinajstić information content (AvgIpc) is 2.68. The summed E-state index contributed by atoms with van der Waals surface area (Å²) in [5.41, 5.74) is 1.14. The van der Waals surface area contributed by atoms with E-state index < -0.39 is 0 Å². The number of hydrogen-bond acceptors (Lipinski definition) is 2. The van der Waals surface area contributed by atoms with Crippen LogP contribution in [0.25, 0.3) is 0 Å². The summed E-state index contributed by atoms with van der Waals surface area (Å²) in [5, 5.41) is 10.5. The lowest BCUT2D eigenvalue weighted by atomic mass is 9.61. The van der Waals surface area contributed by atoms with Gasteiger partial charge in [0.05, 0.1) is 18.6 Å². The summed E-state index contributed by atoms with van der Waals surface area (Å²) in [5.74, 6) is 0.910. The van der Waals surface area contributed by atoms with Crippen molar-refractivity contribution in [2.45, 2.75) is 46.1 Å². The van der Waals surface area contributed by atoms with Crippen molar-refractivity contribution in [2.75, 3.05) is 0 Å². The van der Waals surface area contributed by atoms with Gasteiger partial charge < -0.3 is 9.52 Å². The number of hydrogen-bond donors (Lipinski definition) is 1. The molecule has 1 aliphatic rings. The molecule has 1 fully saturated rings. The molecule has 1 saturated carbocycles. The van der Waals surface area contributed by atoms with Gasteiger partial charge in [0.25, 0.3) is 0 Å². The average molecular weight is 222 g/mol. The fourth-order valence-electron chi connectivity index (χ4n) is 3.39. The molecule has 1 heterocycles. The SMILES string of the molecule is C[C@H]1CCCC(C)(C)[C@@H]1[C@@H](O)c1ccoc1. The molecule has 0 amide bonds. The van der Waals surface area contributed by atoms with Crippen LogP contribution < -0.4 is 0 Å². The predicted octanol–water partition coefficient (Wildman–Crippen LogP) is 3.78. The van der Waals surface area contributed by atoms with Crippen molar-refractivity contribution in [3.05, 3.63) is 24.2 Å². The first-order chi connectivity index (χ1) is 7.52. The van der Waals surface area contributed by atoms with Crippen LogP contribution in [0.2, 0.25) is 0 Å². The number of rotatable bonds is 2. The molecule has 0 bridgehead atoms. The Hall–Kier alpha value is -0.760. The largest absolute Gasteiger partial charge is 0.472 e. The molecule has 0 saturated heterocycles. The van der Waals surface area contributed by atoms with Crippen molar-refractivity contribution < 1.29 is 9.52 Å². The minimum atomic E-state index is -0.385. The van der Waals surface area contributed by atoms with Crippen LogP contribution in [0, 0.1) is 17.3 Å². The first kappa shape index (κ1) is 11.7. The first-order valence-corrected chi connectivity index (χ1v) is 6.22. The van der Waals surface area contributed by atoms with Gasteiger partial charge in [-0.1, -0.05) is 33.6 Å². The van der Waals surface area contributed by atoms with Crippen molar-refractivity contribution in [2.24, 2.45) is 17.3 Å². The highest BCUT2D eigenvalue weighted by Gasteiger charge is 2.41. The summed E-state index contributed by atoms with van der Waals surface area (Å²) in [7, 11) is 0. The summed E-state index contributed by atoms with van der Waals surface area (Å²) < 4.78 is 5.07. The van der Waals surface area contributed by atoms with Gasteiger partial charge in [-0.25, -0.2) is 0 Å². The van der Waals surface area contributed by atoms with E-state index >= 15 is 0 Å². The minimum absolute atomic E-state index is 0.217. The Morgan fingerprint density at radius 2 is 2.25 bits per heavy atom. The summed E-state index contributed by atoms with van der Waals surface area (Å²) >= 11 is 0. The molecule has 2 heteroatoms. The summed E-state index contributed by atoms with van der Waals surface area (Å²) in [6, 6.07) is 1.88. The van der Waals surface area contributed by atoms with E-state index in [-0.39, 0.29) is 11.5 Å². The third kappa shape index (κ3) is 2.03. The fourth-order valence-corrected chi connectivity index (χ4v) is 3.39. The lowest BCUT2D eigenvalue weighted by molar-refractivity contribution is -0.0295. The van der Waals surface area contributed by atoms with E-state index in [4.69, 9.17) is 4.42 Å². The summed E-state index contributed by atoms with van der Waals surface area (Å²) in [4.78, 5) is 0.